The molecule has 0 N–H and O–H groups in total. The van der Waals surface area contributed by atoms with E-state index in [0.717, 1.165) is 31.2 Å². The second kappa shape index (κ2) is 4.02. The lowest BCUT2D eigenvalue weighted by Crippen LogP contribution is -2.43. The van der Waals surface area contributed by atoms with Gasteiger partial charge in [-0.15, -0.1) is 0 Å². The molecule has 1 aliphatic heterocycles. The molecule has 0 atom stereocenters. The molecule has 1 aromatic carbocycles. The van der Waals surface area contributed by atoms with Gasteiger partial charge in [0.15, 0.2) is 5.76 Å². The maximum Gasteiger partial charge on any atom is 0.207 e. The van der Waals surface area contributed by atoms with Gasteiger partial charge in [-0.25, -0.2) is 0 Å². The molecule has 0 spiro atoms. The molecule has 0 amide bonds. The van der Waals surface area contributed by atoms with Crippen molar-refractivity contribution >= 4 is 5.78 Å². The first-order valence-electron chi connectivity index (χ1n) is 6.26. The van der Waals surface area contributed by atoms with Crippen LogP contribution in [0.4, 0.5) is 0 Å². The van der Waals surface area contributed by atoms with Crippen LogP contribution in [0.1, 0.15) is 31.2 Å². The zero-order valence-electron chi connectivity index (χ0n) is 9.82. The van der Waals surface area contributed by atoms with E-state index in [1.807, 2.05) is 24.3 Å². The quantitative estimate of drug-likeness (QED) is 0.795. The molecule has 0 unspecified atom stereocenters. The number of hydrogen-bond donors (Lipinski definition) is 0. The van der Waals surface area contributed by atoms with Crippen LogP contribution in [0, 0.1) is 0 Å². The summed E-state index contributed by atoms with van der Waals surface area (Å²) in [7, 11) is 0. The number of rotatable bonds is 3. The van der Waals surface area contributed by atoms with Crippen LogP contribution in [0.5, 0.6) is 0 Å². The van der Waals surface area contributed by atoms with Crippen LogP contribution in [0.2, 0.25) is 0 Å². The molecule has 0 radical (unpaired) electrons. The largest absolute Gasteiger partial charge is 0.490 e. The summed E-state index contributed by atoms with van der Waals surface area (Å²) in [5.74, 6) is 0.779. The SMILES string of the molecule is O=C(C1=CCCO1)C1(c2ccccc2)CCC1. The molecule has 17 heavy (non-hydrogen) atoms. The number of carbonyl (C=O) groups excluding carboxylic acids is 1. The van der Waals surface area contributed by atoms with Gasteiger partial charge in [-0.05, 0) is 24.5 Å². The molecular weight excluding hydrogens is 212 g/mol. The highest BCUT2D eigenvalue weighted by Gasteiger charge is 2.47. The van der Waals surface area contributed by atoms with Crippen LogP contribution in [0.15, 0.2) is 42.2 Å². The van der Waals surface area contributed by atoms with E-state index in [4.69, 9.17) is 4.74 Å². The third-order valence-electron chi connectivity index (χ3n) is 3.90. The van der Waals surface area contributed by atoms with E-state index in [1.54, 1.807) is 0 Å². The third kappa shape index (κ3) is 1.59. The minimum absolute atomic E-state index is 0.187. The molecular formula is C15H16O2. The normalized spacial score (nSPS) is 21.3. The van der Waals surface area contributed by atoms with E-state index in [9.17, 15) is 4.79 Å². The number of carbonyl (C=O) groups is 1. The zero-order chi connectivity index (χ0) is 11.7. The Morgan fingerprint density at radius 1 is 1.18 bits per heavy atom. The summed E-state index contributed by atoms with van der Waals surface area (Å²) in [6.07, 6.45) is 5.85. The Kier molecular flexibility index (Phi) is 2.50. The van der Waals surface area contributed by atoms with Crippen LogP contribution in [-0.4, -0.2) is 12.4 Å². The number of benzene rings is 1. The van der Waals surface area contributed by atoms with Gasteiger partial charge in [0.1, 0.15) is 0 Å². The highest BCUT2D eigenvalue weighted by Crippen LogP contribution is 2.46. The first-order valence-corrected chi connectivity index (χ1v) is 6.26. The maximum atomic E-state index is 12.6. The molecule has 3 rings (SSSR count). The monoisotopic (exact) mass is 228 g/mol. The predicted octanol–water partition coefficient (Wildman–Crippen LogP) is 2.98. The lowest BCUT2D eigenvalue weighted by atomic mass is 9.61. The van der Waals surface area contributed by atoms with Crippen molar-refractivity contribution in [1.82, 2.24) is 0 Å². The Morgan fingerprint density at radius 3 is 2.47 bits per heavy atom. The summed E-state index contributed by atoms with van der Waals surface area (Å²) < 4.78 is 5.43. The predicted molar refractivity (Wildman–Crippen MR) is 65.6 cm³/mol. The van der Waals surface area contributed by atoms with Gasteiger partial charge in [0, 0.05) is 6.42 Å². The summed E-state index contributed by atoms with van der Waals surface area (Å²) in [5.41, 5.74) is 0.852. The van der Waals surface area contributed by atoms with Gasteiger partial charge in [-0.2, -0.15) is 0 Å². The van der Waals surface area contributed by atoms with Crippen molar-refractivity contribution < 1.29 is 9.53 Å². The van der Waals surface area contributed by atoms with Crippen molar-refractivity contribution in [1.29, 1.82) is 0 Å². The fourth-order valence-corrected chi connectivity index (χ4v) is 2.75. The molecule has 2 heteroatoms. The van der Waals surface area contributed by atoms with E-state index in [1.165, 1.54) is 0 Å². The fraction of sp³-hybridized carbons (Fsp3) is 0.400. The minimum Gasteiger partial charge on any atom is -0.490 e. The molecule has 1 aromatic rings. The molecule has 0 aromatic heterocycles. The highest BCUT2D eigenvalue weighted by molar-refractivity contribution is 6.03. The standard InChI is InChI=1S/C15H16O2/c16-14(13-8-4-11-17-13)15(9-5-10-15)12-6-2-1-3-7-12/h1-3,6-8H,4-5,9-11H2. The first kappa shape index (κ1) is 10.6. The van der Waals surface area contributed by atoms with Gasteiger partial charge in [0.25, 0.3) is 0 Å². The molecule has 1 heterocycles. The molecule has 88 valence electrons. The summed E-state index contributed by atoms with van der Waals surface area (Å²) >= 11 is 0. The van der Waals surface area contributed by atoms with E-state index in [2.05, 4.69) is 12.1 Å². The van der Waals surface area contributed by atoms with Crippen LogP contribution < -0.4 is 0 Å². The number of ether oxygens (including phenoxy) is 1. The molecule has 2 nitrogen and oxygen atoms in total. The van der Waals surface area contributed by atoms with Crippen molar-refractivity contribution in [2.24, 2.45) is 0 Å². The lowest BCUT2D eigenvalue weighted by Gasteiger charge is -2.40. The lowest BCUT2D eigenvalue weighted by molar-refractivity contribution is -0.127. The van der Waals surface area contributed by atoms with Gasteiger partial charge in [-0.1, -0.05) is 36.8 Å². The number of hydrogen-bond acceptors (Lipinski definition) is 2. The van der Waals surface area contributed by atoms with Crippen LogP contribution in [0.3, 0.4) is 0 Å². The molecule has 0 saturated heterocycles. The number of allylic oxidation sites excluding steroid dienone is 1. The van der Waals surface area contributed by atoms with E-state index >= 15 is 0 Å². The average Bonchev–Trinajstić information content (AvgIpc) is 2.82. The van der Waals surface area contributed by atoms with Crippen LogP contribution >= 0.6 is 0 Å². The Bertz CT molecular complexity index is 455. The van der Waals surface area contributed by atoms with E-state index in [0.29, 0.717) is 12.4 Å². The second-order valence-electron chi connectivity index (χ2n) is 4.84. The van der Waals surface area contributed by atoms with E-state index in [-0.39, 0.29) is 11.2 Å². The topological polar surface area (TPSA) is 26.3 Å². The van der Waals surface area contributed by atoms with Crippen LogP contribution in [-0.2, 0) is 14.9 Å². The minimum atomic E-state index is -0.294. The Morgan fingerprint density at radius 2 is 1.94 bits per heavy atom. The van der Waals surface area contributed by atoms with Crippen molar-refractivity contribution in [3.05, 3.63) is 47.7 Å². The van der Waals surface area contributed by atoms with E-state index < -0.39 is 0 Å². The molecule has 1 aliphatic carbocycles. The van der Waals surface area contributed by atoms with Gasteiger partial charge in [0.05, 0.1) is 12.0 Å². The van der Waals surface area contributed by atoms with Crippen molar-refractivity contribution in [3.8, 4) is 0 Å². The van der Waals surface area contributed by atoms with Gasteiger partial charge in [-0.3, -0.25) is 4.79 Å². The second-order valence-corrected chi connectivity index (χ2v) is 4.84. The highest BCUT2D eigenvalue weighted by atomic mass is 16.5. The van der Waals surface area contributed by atoms with Crippen molar-refractivity contribution in [2.75, 3.05) is 6.61 Å². The van der Waals surface area contributed by atoms with Crippen molar-refractivity contribution in [3.63, 3.8) is 0 Å². The summed E-state index contributed by atoms with van der Waals surface area (Å²) in [5, 5.41) is 0. The van der Waals surface area contributed by atoms with Crippen LogP contribution in [0.25, 0.3) is 0 Å². The Labute approximate surface area is 101 Å². The molecule has 2 aliphatic rings. The number of ketones is 1. The Hall–Kier alpha value is -1.57. The van der Waals surface area contributed by atoms with Crippen molar-refractivity contribution in [2.45, 2.75) is 31.1 Å². The molecule has 0 bridgehead atoms. The smallest absolute Gasteiger partial charge is 0.207 e. The average molecular weight is 228 g/mol. The first-order chi connectivity index (χ1) is 8.33. The van der Waals surface area contributed by atoms with Gasteiger partial charge in [0.2, 0.25) is 5.78 Å². The Balaban J connectivity index is 1.95. The maximum absolute atomic E-state index is 12.6. The third-order valence-corrected chi connectivity index (χ3v) is 3.90. The number of Topliss-reactive ketones (excluding diaryl/α,β-unsaturated/α-hetero) is 1. The molecule has 1 fully saturated rings. The molecule has 1 saturated carbocycles. The van der Waals surface area contributed by atoms with Gasteiger partial charge >= 0.3 is 0 Å². The summed E-state index contributed by atoms with van der Waals surface area (Å²) in [4.78, 5) is 12.6. The summed E-state index contributed by atoms with van der Waals surface area (Å²) in [6.45, 7) is 0.659. The van der Waals surface area contributed by atoms with Gasteiger partial charge < -0.3 is 4.74 Å². The summed E-state index contributed by atoms with van der Waals surface area (Å²) in [6, 6.07) is 10.1. The zero-order valence-corrected chi connectivity index (χ0v) is 9.82. The fourth-order valence-electron chi connectivity index (χ4n) is 2.75.